The van der Waals surface area contributed by atoms with Crippen molar-refractivity contribution in [2.24, 2.45) is 0 Å². The quantitative estimate of drug-likeness (QED) is 0.171. The number of unbranched alkanes of at least 4 members (excludes halogenated alkanes) is 14. The molecule has 1 aliphatic rings. The van der Waals surface area contributed by atoms with Gasteiger partial charge in [-0.2, -0.15) is 0 Å². The van der Waals surface area contributed by atoms with E-state index in [1.54, 1.807) is 0 Å². The van der Waals surface area contributed by atoms with Crippen molar-refractivity contribution in [2.45, 2.75) is 149 Å². The molecular weight excluding hydrogens is 300 g/mol. The lowest BCUT2D eigenvalue weighted by Crippen LogP contribution is -1.88. The van der Waals surface area contributed by atoms with E-state index >= 15 is 0 Å². The van der Waals surface area contributed by atoms with Crippen LogP contribution in [0.1, 0.15) is 149 Å². The molecule has 0 radical (unpaired) electrons. The number of allylic oxidation sites excluding steroid dienone is 2. The third-order valence-corrected chi connectivity index (χ3v) is 6.12. The van der Waals surface area contributed by atoms with Gasteiger partial charge in [0.2, 0.25) is 0 Å². The second-order valence-electron chi connectivity index (χ2n) is 8.51. The summed E-state index contributed by atoms with van der Waals surface area (Å²) in [6.45, 7) is 4.61. The minimum atomic E-state index is 1.37. The molecule has 0 heterocycles. The van der Waals surface area contributed by atoms with Gasteiger partial charge in [-0.15, -0.1) is 0 Å². The molecule has 25 heavy (non-hydrogen) atoms. The van der Waals surface area contributed by atoms with Crippen molar-refractivity contribution in [1.29, 1.82) is 0 Å². The highest BCUT2D eigenvalue weighted by Crippen LogP contribution is 2.33. The van der Waals surface area contributed by atoms with Crippen LogP contribution in [-0.2, 0) is 0 Å². The zero-order valence-corrected chi connectivity index (χ0v) is 17.8. The molecule has 0 aromatic heterocycles. The average molecular weight is 349 g/mol. The van der Waals surface area contributed by atoms with Crippen LogP contribution in [0.5, 0.6) is 0 Å². The molecule has 0 heteroatoms. The normalized spacial score (nSPS) is 14.6. The molecule has 0 aliphatic heterocycles. The Morgan fingerprint density at radius 3 is 1.12 bits per heavy atom. The molecular formula is C25H48. The Bertz CT molecular complexity index is 312. The molecule has 0 nitrogen and oxygen atoms in total. The van der Waals surface area contributed by atoms with Crippen LogP contribution in [-0.4, -0.2) is 0 Å². The molecule has 0 fully saturated rings. The third kappa shape index (κ3) is 12.7. The Morgan fingerprint density at radius 1 is 0.440 bits per heavy atom. The van der Waals surface area contributed by atoms with Crippen molar-refractivity contribution in [3.63, 3.8) is 0 Å². The fourth-order valence-electron chi connectivity index (χ4n) is 4.42. The second-order valence-corrected chi connectivity index (χ2v) is 8.51. The first-order valence-electron chi connectivity index (χ1n) is 12.1. The molecule has 0 amide bonds. The van der Waals surface area contributed by atoms with E-state index in [4.69, 9.17) is 0 Å². The lowest BCUT2D eigenvalue weighted by atomic mass is 9.98. The van der Waals surface area contributed by atoms with E-state index < -0.39 is 0 Å². The van der Waals surface area contributed by atoms with Crippen LogP contribution in [0, 0.1) is 0 Å². The first kappa shape index (κ1) is 22.8. The van der Waals surface area contributed by atoms with Gasteiger partial charge in [0.1, 0.15) is 0 Å². The van der Waals surface area contributed by atoms with Crippen molar-refractivity contribution in [3.05, 3.63) is 11.1 Å². The Morgan fingerprint density at radius 2 is 0.760 bits per heavy atom. The molecule has 0 unspecified atom stereocenters. The third-order valence-electron chi connectivity index (χ3n) is 6.12. The van der Waals surface area contributed by atoms with Gasteiger partial charge < -0.3 is 0 Å². The first-order chi connectivity index (χ1) is 12.4. The maximum absolute atomic E-state index is 2.31. The largest absolute Gasteiger partial charge is 0.0710 e. The van der Waals surface area contributed by atoms with E-state index in [0.717, 1.165) is 0 Å². The zero-order valence-electron chi connectivity index (χ0n) is 17.8. The fraction of sp³-hybridized carbons (Fsp3) is 0.920. The first-order valence-corrected chi connectivity index (χ1v) is 12.1. The summed E-state index contributed by atoms with van der Waals surface area (Å²) in [6, 6.07) is 0. The molecule has 0 spiro atoms. The molecule has 0 aromatic carbocycles. The maximum atomic E-state index is 2.31. The summed E-state index contributed by atoms with van der Waals surface area (Å²) in [4.78, 5) is 0. The van der Waals surface area contributed by atoms with Gasteiger partial charge in [-0.05, 0) is 44.9 Å². The summed E-state index contributed by atoms with van der Waals surface area (Å²) in [7, 11) is 0. The monoisotopic (exact) mass is 348 g/mol. The standard InChI is InChI=1S/C25H48/c1-3-5-7-9-11-12-13-14-16-18-21-25-23-19-22-24(25)20-17-15-10-8-6-4-2/h3-23H2,1-2H3. The topological polar surface area (TPSA) is 0 Å². The van der Waals surface area contributed by atoms with Crippen molar-refractivity contribution in [2.75, 3.05) is 0 Å². The highest BCUT2D eigenvalue weighted by molar-refractivity contribution is 5.19. The molecule has 0 saturated carbocycles. The van der Waals surface area contributed by atoms with Gasteiger partial charge in [-0.1, -0.05) is 115 Å². The van der Waals surface area contributed by atoms with Crippen molar-refractivity contribution < 1.29 is 0 Å². The van der Waals surface area contributed by atoms with Gasteiger partial charge in [-0.25, -0.2) is 0 Å². The fourth-order valence-corrected chi connectivity index (χ4v) is 4.42. The Labute approximate surface area is 160 Å². The summed E-state index contributed by atoms with van der Waals surface area (Å²) in [5.74, 6) is 0. The van der Waals surface area contributed by atoms with Gasteiger partial charge in [0.15, 0.2) is 0 Å². The zero-order chi connectivity index (χ0) is 18.0. The van der Waals surface area contributed by atoms with Crippen molar-refractivity contribution >= 4 is 0 Å². The smallest absolute Gasteiger partial charge is 0.0315 e. The van der Waals surface area contributed by atoms with E-state index in [0.29, 0.717) is 0 Å². The number of rotatable bonds is 18. The van der Waals surface area contributed by atoms with E-state index in [1.165, 1.54) is 135 Å². The molecule has 0 aromatic rings. The molecule has 1 rings (SSSR count). The van der Waals surface area contributed by atoms with E-state index in [1.807, 2.05) is 11.1 Å². The predicted octanol–water partition coefficient (Wildman–Crippen LogP) is 9.53. The highest BCUT2D eigenvalue weighted by Gasteiger charge is 2.13. The molecule has 0 saturated heterocycles. The summed E-state index contributed by atoms with van der Waals surface area (Å²) in [5.41, 5.74) is 3.76. The van der Waals surface area contributed by atoms with Crippen LogP contribution in [0.2, 0.25) is 0 Å². The van der Waals surface area contributed by atoms with E-state index in [9.17, 15) is 0 Å². The Balaban J connectivity index is 1.97. The summed E-state index contributed by atoms with van der Waals surface area (Å²) >= 11 is 0. The SMILES string of the molecule is CCCCCCCCCCCCC1=C(CCCCCCCC)CCC1. The van der Waals surface area contributed by atoms with Crippen LogP contribution in [0.4, 0.5) is 0 Å². The average Bonchev–Trinajstić information content (AvgIpc) is 3.07. The van der Waals surface area contributed by atoms with Gasteiger partial charge in [0, 0.05) is 0 Å². The molecule has 1 aliphatic carbocycles. The van der Waals surface area contributed by atoms with Gasteiger partial charge in [0.25, 0.3) is 0 Å². The number of hydrogen-bond acceptors (Lipinski definition) is 0. The lowest BCUT2D eigenvalue weighted by Gasteiger charge is -2.08. The molecule has 0 atom stereocenters. The van der Waals surface area contributed by atoms with Crippen LogP contribution >= 0.6 is 0 Å². The minimum absolute atomic E-state index is 1.37. The summed E-state index contributed by atoms with van der Waals surface area (Å²) < 4.78 is 0. The lowest BCUT2D eigenvalue weighted by molar-refractivity contribution is 0.554. The van der Waals surface area contributed by atoms with E-state index in [-0.39, 0.29) is 0 Å². The Hall–Kier alpha value is -0.260. The van der Waals surface area contributed by atoms with Gasteiger partial charge in [-0.3, -0.25) is 0 Å². The molecule has 0 N–H and O–H groups in total. The van der Waals surface area contributed by atoms with Crippen LogP contribution in [0.3, 0.4) is 0 Å². The van der Waals surface area contributed by atoms with Crippen molar-refractivity contribution in [1.82, 2.24) is 0 Å². The predicted molar refractivity (Wildman–Crippen MR) is 115 cm³/mol. The highest BCUT2D eigenvalue weighted by atomic mass is 14.2. The Kier molecular flexibility index (Phi) is 15.6. The van der Waals surface area contributed by atoms with E-state index in [2.05, 4.69) is 13.8 Å². The van der Waals surface area contributed by atoms with Gasteiger partial charge in [0.05, 0.1) is 0 Å². The summed E-state index contributed by atoms with van der Waals surface area (Å²) in [5, 5.41) is 0. The second kappa shape index (κ2) is 17.2. The van der Waals surface area contributed by atoms with Crippen LogP contribution in [0.25, 0.3) is 0 Å². The van der Waals surface area contributed by atoms with Crippen LogP contribution in [0.15, 0.2) is 11.1 Å². The summed E-state index contributed by atoms with van der Waals surface area (Å²) in [6.07, 6.45) is 30.5. The van der Waals surface area contributed by atoms with Gasteiger partial charge >= 0.3 is 0 Å². The van der Waals surface area contributed by atoms with Crippen LogP contribution < -0.4 is 0 Å². The molecule has 0 bridgehead atoms. The van der Waals surface area contributed by atoms with Crippen molar-refractivity contribution in [3.8, 4) is 0 Å². The number of hydrogen-bond donors (Lipinski definition) is 0. The molecule has 148 valence electrons. The minimum Gasteiger partial charge on any atom is -0.0710 e. The maximum Gasteiger partial charge on any atom is -0.0315 e.